The second-order valence-electron chi connectivity index (χ2n) is 5.27. The molecule has 2 aliphatic rings. The van der Waals surface area contributed by atoms with Crippen LogP contribution >= 0.6 is 23.5 Å². The Morgan fingerprint density at radius 3 is 2.32 bits per heavy atom. The first-order chi connectivity index (χ1) is 8.94. The van der Waals surface area contributed by atoms with Crippen molar-refractivity contribution >= 4 is 23.5 Å². The zero-order valence-electron chi connectivity index (χ0n) is 11.2. The minimum Gasteiger partial charge on any atom is -0.394 e. The number of rotatable bonds is 4. The smallest absolute Gasteiger partial charge is 0.164 e. The molecular weight excluding hydrogens is 288 g/mol. The van der Waals surface area contributed by atoms with Crippen LogP contribution in [0.1, 0.15) is 20.3 Å². The highest BCUT2D eigenvalue weighted by atomic mass is 32.2. The summed E-state index contributed by atoms with van der Waals surface area (Å²) in [6.07, 6.45) is -1.92. The minimum absolute atomic E-state index is 0.0321. The number of aliphatic hydroxyl groups is 3. The maximum absolute atomic E-state index is 10.5. The van der Waals surface area contributed by atoms with E-state index >= 15 is 0 Å². The van der Waals surface area contributed by atoms with Crippen molar-refractivity contribution in [1.29, 1.82) is 0 Å². The molecule has 0 aliphatic carbocycles. The lowest BCUT2D eigenvalue weighted by molar-refractivity contribution is -0.161. The Bertz CT molecular complexity index is 296. The highest BCUT2D eigenvalue weighted by molar-refractivity contribution is 8.17. The molecule has 0 unspecified atom stereocenters. The van der Waals surface area contributed by atoms with Gasteiger partial charge in [-0.05, 0) is 31.8 Å². The molecule has 7 heteroatoms. The fourth-order valence-corrected chi connectivity index (χ4v) is 5.28. The molecule has 0 bridgehead atoms. The van der Waals surface area contributed by atoms with Crippen LogP contribution in [0.25, 0.3) is 0 Å². The topological polar surface area (TPSA) is 79.2 Å². The first-order valence-electron chi connectivity index (χ1n) is 6.50. The Hall–Kier alpha value is 0.500. The number of thioether (sulfide) groups is 2. The molecule has 112 valence electrons. The molecule has 4 atom stereocenters. The van der Waals surface area contributed by atoms with Crippen molar-refractivity contribution < 1.29 is 24.8 Å². The molecular formula is C12H22O5S2. The third kappa shape index (κ3) is 3.78. The van der Waals surface area contributed by atoms with E-state index in [0.717, 1.165) is 17.9 Å². The van der Waals surface area contributed by atoms with Gasteiger partial charge in [0, 0.05) is 0 Å². The standard InChI is InChI=1S/C12H22O5S2/c1-12(2)16-9(7(14)6-13)10(17-12)8(15)11-18-4-3-5-19-11/h7-11,13-15H,3-6H2,1-2H3/t7-,8-,9-,10-/m1/s1. The van der Waals surface area contributed by atoms with Gasteiger partial charge in [-0.3, -0.25) is 0 Å². The van der Waals surface area contributed by atoms with E-state index in [4.69, 9.17) is 14.6 Å². The lowest BCUT2D eigenvalue weighted by Gasteiger charge is -2.31. The molecule has 5 nitrogen and oxygen atoms in total. The van der Waals surface area contributed by atoms with Gasteiger partial charge < -0.3 is 24.8 Å². The van der Waals surface area contributed by atoms with Gasteiger partial charge in [0.2, 0.25) is 0 Å². The number of ether oxygens (including phenoxy) is 2. The van der Waals surface area contributed by atoms with Crippen LogP contribution in [0.5, 0.6) is 0 Å². The van der Waals surface area contributed by atoms with Crippen molar-refractivity contribution in [2.24, 2.45) is 0 Å². The van der Waals surface area contributed by atoms with Crippen LogP contribution < -0.4 is 0 Å². The molecule has 3 N–H and O–H groups in total. The maximum Gasteiger partial charge on any atom is 0.164 e. The van der Waals surface area contributed by atoms with Crippen LogP contribution in [0.3, 0.4) is 0 Å². The van der Waals surface area contributed by atoms with Gasteiger partial charge in [0.05, 0.1) is 11.2 Å². The summed E-state index contributed by atoms with van der Waals surface area (Å²) >= 11 is 3.43. The van der Waals surface area contributed by atoms with E-state index in [-0.39, 0.29) is 4.58 Å². The molecule has 2 saturated heterocycles. The molecule has 0 aromatic rings. The van der Waals surface area contributed by atoms with Crippen molar-refractivity contribution in [2.75, 3.05) is 18.1 Å². The average molecular weight is 310 g/mol. The molecule has 0 saturated carbocycles. The zero-order valence-corrected chi connectivity index (χ0v) is 12.8. The van der Waals surface area contributed by atoms with Gasteiger partial charge in [-0.15, -0.1) is 23.5 Å². The van der Waals surface area contributed by atoms with Gasteiger partial charge in [-0.1, -0.05) is 0 Å². The summed E-state index contributed by atoms with van der Waals surface area (Å²) in [7, 11) is 0. The number of hydrogen-bond acceptors (Lipinski definition) is 7. The lowest BCUT2D eigenvalue weighted by atomic mass is 10.0. The normalized spacial score (nSPS) is 35.2. The molecule has 0 spiro atoms. The Labute approximate surface area is 122 Å². The van der Waals surface area contributed by atoms with E-state index in [1.165, 1.54) is 0 Å². The van der Waals surface area contributed by atoms with Gasteiger partial charge in [0.15, 0.2) is 5.79 Å². The fourth-order valence-electron chi connectivity index (χ4n) is 2.34. The maximum atomic E-state index is 10.5. The molecule has 2 aliphatic heterocycles. The largest absolute Gasteiger partial charge is 0.394 e. The third-order valence-electron chi connectivity index (χ3n) is 3.20. The third-order valence-corrected chi connectivity index (χ3v) is 6.28. The van der Waals surface area contributed by atoms with E-state index in [2.05, 4.69) is 0 Å². The highest BCUT2D eigenvalue weighted by Crippen LogP contribution is 2.39. The summed E-state index contributed by atoms with van der Waals surface area (Å²) < 4.78 is 11.4. The quantitative estimate of drug-likeness (QED) is 0.694. The van der Waals surface area contributed by atoms with Crippen LogP contribution in [0, 0.1) is 0 Å². The molecule has 2 fully saturated rings. The summed E-state index contributed by atoms with van der Waals surface area (Å²) in [6.45, 7) is 3.09. The monoisotopic (exact) mass is 310 g/mol. The van der Waals surface area contributed by atoms with E-state index in [0.29, 0.717) is 0 Å². The van der Waals surface area contributed by atoms with Gasteiger partial charge in [0.25, 0.3) is 0 Å². The molecule has 0 amide bonds. The minimum atomic E-state index is -1.04. The highest BCUT2D eigenvalue weighted by Gasteiger charge is 2.49. The van der Waals surface area contributed by atoms with Crippen molar-refractivity contribution in [3.8, 4) is 0 Å². The molecule has 0 radical (unpaired) electrons. The number of hydrogen-bond donors (Lipinski definition) is 3. The predicted octanol–water partition coefficient (Wildman–Crippen LogP) is 0.417. The number of aliphatic hydroxyl groups excluding tert-OH is 3. The van der Waals surface area contributed by atoms with Crippen molar-refractivity contribution in [1.82, 2.24) is 0 Å². The summed E-state index contributed by atoms with van der Waals surface area (Å²) in [5.41, 5.74) is 0. The Morgan fingerprint density at radius 1 is 1.16 bits per heavy atom. The first-order valence-corrected chi connectivity index (χ1v) is 8.60. The summed E-state index contributed by atoms with van der Waals surface area (Å²) in [4.78, 5) is 0. The molecule has 0 aromatic heterocycles. The molecule has 2 rings (SSSR count). The van der Waals surface area contributed by atoms with Gasteiger partial charge in [-0.2, -0.15) is 0 Å². The second kappa shape index (κ2) is 6.51. The van der Waals surface area contributed by atoms with Crippen LogP contribution in [0.15, 0.2) is 0 Å². The van der Waals surface area contributed by atoms with Gasteiger partial charge in [-0.25, -0.2) is 0 Å². The average Bonchev–Trinajstić information content (AvgIpc) is 2.74. The summed E-state index contributed by atoms with van der Waals surface area (Å²) in [5, 5.41) is 29.4. The van der Waals surface area contributed by atoms with Crippen LogP contribution in [-0.2, 0) is 9.47 Å². The molecule has 0 aromatic carbocycles. The first kappa shape index (κ1) is 15.9. The van der Waals surface area contributed by atoms with Gasteiger partial charge >= 0.3 is 0 Å². The Balaban J connectivity index is 2.06. The van der Waals surface area contributed by atoms with Crippen LogP contribution in [0.2, 0.25) is 0 Å². The van der Waals surface area contributed by atoms with E-state index in [9.17, 15) is 10.2 Å². The van der Waals surface area contributed by atoms with Crippen molar-refractivity contribution in [3.05, 3.63) is 0 Å². The fraction of sp³-hybridized carbons (Fsp3) is 1.00. The summed E-state index contributed by atoms with van der Waals surface area (Å²) in [6, 6.07) is 0. The van der Waals surface area contributed by atoms with E-state index in [1.807, 2.05) is 0 Å². The zero-order chi connectivity index (χ0) is 14.0. The van der Waals surface area contributed by atoms with Crippen molar-refractivity contribution in [3.63, 3.8) is 0 Å². The Morgan fingerprint density at radius 2 is 1.74 bits per heavy atom. The van der Waals surface area contributed by atoms with E-state index < -0.39 is 36.8 Å². The molecule has 19 heavy (non-hydrogen) atoms. The predicted molar refractivity (Wildman–Crippen MR) is 76.2 cm³/mol. The van der Waals surface area contributed by atoms with Gasteiger partial charge in [0.1, 0.15) is 24.4 Å². The summed E-state index contributed by atoms with van der Waals surface area (Å²) in [5.74, 6) is 1.20. The lowest BCUT2D eigenvalue weighted by Crippen LogP contribution is -2.47. The van der Waals surface area contributed by atoms with E-state index in [1.54, 1.807) is 37.4 Å². The SMILES string of the molecule is CC1(C)O[C@H]([C@H](O)CO)[C@@H]([C@@H](O)C2SCCCS2)O1. The second-order valence-corrected chi connectivity index (χ2v) is 8.07. The van der Waals surface area contributed by atoms with Crippen LogP contribution in [0.4, 0.5) is 0 Å². The Kier molecular flexibility index (Phi) is 5.44. The van der Waals surface area contributed by atoms with Crippen molar-refractivity contribution in [2.45, 2.75) is 55.1 Å². The molecule has 2 heterocycles. The van der Waals surface area contributed by atoms with Crippen LogP contribution in [-0.4, -0.2) is 68.2 Å².